The normalized spacial score (nSPS) is 10.9. The van der Waals surface area contributed by atoms with Gasteiger partial charge in [-0.2, -0.15) is 0 Å². The fourth-order valence-corrected chi connectivity index (χ4v) is 1.49. The van der Waals surface area contributed by atoms with E-state index in [2.05, 4.69) is 15.2 Å². The van der Waals surface area contributed by atoms with E-state index in [1.54, 1.807) is 19.1 Å². The van der Waals surface area contributed by atoms with Crippen molar-refractivity contribution in [1.29, 1.82) is 0 Å². The summed E-state index contributed by atoms with van der Waals surface area (Å²) in [7, 11) is 0. The van der Waals surface area contributed by atoms with E-state index in [1.807, 2.05) is 6.92 Å². The molecule has 7 nitrogen and oxygen atoms in total. The number of hydrogen-bond acceptors (Lipinski definition) is 6. The highest BCUT2D eigenvalue weighted by Crippen LogP contribution is 2.19. The number of ether oxygens (including phenoxy) is 1. The molecule has 0 atom stereocenters. The average molecular weight is 275 g/mol. The Kier molecular flexibility index (Phi) is 4.09. The fraction of sp³-hybridized carbons (Fsp3) is 0.231. The van der Waals surface area contributed by atoms with Gasteiger partial charge in [-0.15, -0.1) is 10.2 Å². The lowest BCUT2D eigenvalue weighted by Crippen LogP contribution is -2.00. The zero-order valence-electron chi connectivity index (χ0n) is 11.0. The first-order valence-electron chi connectivity index (χ1n) is 5.85. The first kappa shape index (κ1) is 13.7. The molecule has 2 aromatic rings. The number of pyridine rings is 1. The van der Waals surface area contributed by atoms with Crippen molar-refractivity contribution in [1.82, 2.24) is 15.2 Å². The quantitative estimate of drug-likeness (QED) is 0.830. The second-order valence-electron chi connectivity index (χ2n) is 4.01. The SMILES string of the molecule is Cc1ccc(OCc2nnc(C)o2)c(C=CC(=O)O)n1. The van der Waals surface area contributed by atoms with E-state index in [0.717, 1.165) is 11.8 Å². The maximum Gasteiger partial charge on any atom is 0.328 e. The molecule has 2 aromatic heterocycles. The molecule has 7 heteroatoms. The van der Waals surface area contributed by atoms with Gasteiger partial charge in [-0.25, -0.2) is 9.78 Å². The van der Waals surface area contributed by atoms with Crippen LogP contribution >= 0.6 is 0 Å². The van der Waals surface area contributed by atoms with Gasteiger partial charge in [0, 0.05) is 18.7 Å². The summed E-state index contributed by atoms with van der Waals surface area (Å²) in [5, 5.41) is 16.2. The van der Waals surface area contributed by atoms with Crippen LogP contribution in [-0.2, 0) is 11.4 Å². The number of hydrogen-bond donors (Lipinski definition) is 1. The Morgan fingerprint density at radius 2 is 2.20 bits per heavy atom. The molecule has 20 heavy (non-hydrogen) atoms. The van der Waals surface area contributed by atoms with Gasteiger partial charge < -0.3 is 14.3 Å². The van der Waals surface area contributed by atoms with Gasteiger partial charge in [-0.1, -0.05) is 0 Å². The van der Waals surface area contributed by atoms with Gasteiger partial charge >= 0.3 is 5.97 Å². The number of carboxylic acids is 1. The van der Waals surface area contributed by atoms with E-state index in [0.29, 0.717) is 23.2 Å². The van der Waals surface area contributed by atoms with Crippen molar-refractivity contribution in [2.45, 2.75) is 20.5 Å². The molecule has 0 bridgehead atoms. The van der Waals surface area contributed by atoms with Crippen molar-refractivity contribution in [3.8, 4) is 5.75 Å². The molecule has 2 heterocycles. The van der Waals surface area contributed by atoms with E-state index in [1.165, 1.54) is 6.08 Å². The van der Waals surface area contributed by atoms with Crippen LogP contribution in [0.25, 0.3) is 6.08 Å². The van der Waals surface area contributed by atoms with Crippen molar-refractivity contribution >= 4 is 12.0 Å². The maximum absolute atomic E-state index is 10.6. The molecule has 0 saturated carbocycles. The molecule has 0 fully saturated rings. The molecule has 2 rings (SSSR count). The minimum Gasteiger partial charge on any atom is -0.482 e. The number of carboxylic acid groups (broad SMARTS) is 1. The van der Waals surface area contributed by atoms with Crippen LogP contribution in [0.5, 0.6) is 5.75 Å². The van der Waals surface area contributed by atoms with Gasteiger partial charge in [0.05, 0.1) is 0 Å². The van der Waals surface area contributed by atoms with Crippen LogP contribution in [0, 0.1) is 13.8 Å². The summed E-state index contributed by atoms with van der Waals surface area (Å²) in [6.45, 7) is 3.59. The molecule has 1 N–H and O–H groups in total. The van der Waals surface area contributed by atoms with Gasteiger partial charge in [0.2, 0.25) is 5.89 Å². The van der Waals surface area contributed by atoms with Crippen molar-refractivity contribution in [2.75, 3.05) is 0 Å². The summed E-state index contributed by atoms with van der Waals surface area (Å²) in [5.41, 5.74) is 1.19. The van der Waals surface area contributed by atoms with E-state index < -0.39 is 5.97 Å². The van der Waals surface area contributed by atoms with Gasteiger partial charge in [0.15, 0.2) is 6.61 Å². The minimum absolute atomic E-state index is 0.0967. The topological polar surface area (TPSA) is 98.3 Å². The zero-order valence-corrected chi connectivity index (χ0v) is 11.0. The standard InChI is InChI=1S/C13H13N3O4/c1-8-3-5-11(10(14-8)4-6-13(17)18)19-7-12-16-15-9(2)20-12/h3-6H,7H2,1-2H3,(H,17,18). The van der Waals surface area contributed by atoms with Crippen LogP contribution in [0.1, 0.15) is 23.2 Å². The third-order valence-electron chi connectivity index (χ3n) is 2.33. The highest BCUT2D eigenvalue weighted by Gasteiger charge is 2.07. The zero-order chi connectivity index (χ0) is 14.5. The predicted molar refractivity (Wildman–Crippen MR) is 69.0 cm³/mol. The van der Waals surface area contributed by atoms with Crippen LogP contribution in [0.4, 0.5) is 0 Å². The van der Waals surface area contributed by atoms with E-state index in [9.17, 15) is 4.79 Å². The predicted octanol–water partition coefficient (Wildman–Crippen LogP) is 1.76. The molecule has 0 aliphatic rings. The van der Waals surface area contributed by atoms with Gasteiger partial charge in [0.1, 0.15) is 11.4 Å². The minimum atomic E-state index is -1.05. The summed E-state index contributed by atoms with van der Waals surface area (Å²) >= 11 is 0. The molecule has 0 aliphatic carbocycles. The maximum atomic E-state index is 10.6. The van der Waals surface area contributed by atoms with E-state index >= 15 is 0 Å². The molecular weight excluding hydrogens is 262 g/mol. The molecule has 0 unspecified atom stereocenters. The molecule has 0 spiro atoms. The highest BCUT2D eigenvalue weighted by atomic mass is 16.5. The summed E-state index contributed by atoms with van der Waals surface area (Å²) in [4.78, 5) is 14.8. The molecule has 104 valence electrons. The van der Waals surface area contributed by atoms with Crippen molar-refractivity contribution in [3.05, 3.63) is 41.4 Å². The van der Waals surface area contributed by atoms with E-state index in [4.69, 9.17) is 14.3 Å². The summed E-state index contributed by atoms with van der Waals surface area (Å²) in [5.74, 6) is 0.198. The van der Waals surface area contributed by atoms with Crippen molar-refractivity contribution in [3.63, 3.8) is 0 Å². The molecule has 0 radical (unpaired) electrons. The molecule has 0 aromatic carbocycles. The number of carbonyl (C=O) groups is 1. The Labute approximate surface area is 114 Å². The highest BCUT2D eigenvalue weighted by molar-refractivity contribution is 5.85. The molecule has 0 amide bonds. The third-order valence-corrected chi connectivity index (χ3v) is 2.33. The number of aryl methyl sites for hydroxylation is 2. The van der Waals surface area contributed by atoms with Crippen LogP contribution in [0.15, 0.2) is 22.6 Å². The second kappa shape index (κ2) is 5.96. The number of aromatic nitrogens is 3. The fourth-order valence-electron chi connectivity index (χ4n) is 1.49. The van der Waals surface area contributed by atoms with E-state index in [-0.39, 0.29) is 6.61 Å². The third kappa shape index (κ3) is 3.64. The Balaban J connectivity index is 2.15. The number of aliphatic carboxylic acids is 1. The summed E-state index contributed by atoms with van der Waals surface area (Å²) < 4.78 is 10.7. The van der Waals surface area contributed by atoms with Crippen LogP contribution in [-0.4, -0.2) is 26.3 Å². The first-order chi connectivity index (χ1) is 9.54. The average Bonchev–Trinajstić information content (AvgIpc) is 2.81. The molecule has 0 aliphatic heterocycles. The monoisotopic (exact) mass is 275 g/mol. The lowest BCUT2D eigenvalue weighted by molar-refractivity contribution is -0.131. The van der Waals surface area contributed by atoms with Crippen LogP contribution in [0.2, 0.25) is 0 Å². The smallest absolute Gasteiger partial charge is 0.328 e. The van der Waals surface area contributed by atoms with Crippen molar-refractivity contribution < 1.29 is 19.1 Å². The van der Waals surface area contributed by atoms with Gasteiger partial charge in [-0.3, -0.25) is 0 Å². The Hall–Kier alpha value is -2.70. The summed E-state index contributed by atoms with van der Waals surface area (Å²) in [6, 6.07) is 3.49. The largest absolute Gasteiger partial charge is 0.482 e. The number of rotatable bonds is 5. The molecule has 0 saturated heterocycles. The Morgan fingerprint density at radius 1 is 1.40 bits per heavy atom. The van der Waals surface area contributed by atoms with Crippen LogP contribution < -0.4 is 4.74 Å². The Bertz CT molecular complexity index is 649. The second-order valence-corrected chi connectivity index (χ2v) is 4.01. The first-order valence-corrected chi connectivity index (χ1v) is 5.85. The lowest BCUT2D eigenvalue weighted by Gasteiger charge is -2.07. The van der Waals surface area contributed by atoms with Crippen molar-refractivity contribution in [2.24, 2.45) is 0 Å². The summed E-state index contributed by atoms with van der Waals surface area (Å²) in [6.07, 6.45) is 2.38. The van der Waals surface area contributed by atoms with Crippen LogP contribution in [0.3, 0.4) is 0 Å². The van der Waals surface area contributed by atoms with Gasteiger partial charge in [-0.05, 0) is 25.1 Å². The number of nitrogens with zero attached hydrogens (tertiary/aromatic N) is 3. The Morgan fingerprint density at radius 3 is 2.85 bits per heavy atom. The molecular formula is C13H13N3O4. The van der Waals surface area contributed by atoms with Gasteiger partial charge in [0.25, 0.3) is 5.89 Å². The lowest BCUT2D eigenvalue weighted by atomic mass is 10.2.